The zero-order valence-electron chi connectivity index (χ0n) is 37.9. The van der Waals surface area contributed by atoms with Gasteiger partial charge in [0.2, 0.25) is 17.7 Å². The number of hydrogen-bond acceptors (Lipinski definition) is 11. The highest BCUT2D eigenvalue weighted by molar-refractivity contribution is 9.10. The standard InChI is InChI=1S/C23H20F6N6O4.C21H16BrF6N5O3/c1-13(36)33-17-9-14(10-32-21(17)39-12-22(24,25)26)19(37)30-7-8-31-20(38)16-11-35(15-5-3-2-4-6-15)34-18(16)23(27,28)29;22-15-8-12(9-31-19(15)36-11-20(23,24)25)17(34)29-6-7-30-18(35)14-10-33(13-4-2-1-3-5-13)32-16(14)21(26,27)28/h2-6,9-11H,7-8,12H2,1H3,(H,30,37)(H,31,38)(H,33,36);1-5,8-10H,6-7,11H2,(H,29,34)(H,30,35). The van der Waals surface area contributed by atoms with E-state index in [1.807, 2.05) is 0 Å². The Hall–Kier alpha value is -8.25. The van der Waals surface area contributed by atoms with E-state index in [4.69, 9.17) is 0 Å². The summed E-state index contributed by atoms with van der Waals surface area (Å²) >= 11 is 2.96. The van der Waals surface area contributed by atoms with Gasteiger partial charge < -0.3 is 36.1 Å². The molecule has 0 fully saturated rings. The number of carbonyl (C=O) groups is 5. The van der Waals surface area contributed by atoms with E-state index in [1.165, 1.54) is 30.3 Å². The third-order valence-corrected chi connectivity index (χ3v) is 9.70. The Labute approximate surface area is 422 Å². The smallest absolute Gasteiger partial charge is 0.435 e. The number of para-hydroxylation sites is 2. The third kappa shape index (κ3) is 17.4. The van der Waals surface area contributed by atoms with Crippen LogP contribution in [0.4, 0.5) is 58.4 Å². The number of amides is 5. The average molecular weight is 1140 g/mol. The molecule has 0 aliphatic heterocycles. The summed E-state index contributed by atoms with van der Waals surface area (Å²) in [5, 5.41) is 18.5. The van der Waals surface area contributed by atoms with E-state index in [0.717, 1.165) is 47.1 Å². The lowest BCUT2D eigenvalue weighted by molar-refractivity contribution is -0.154. The van der Waals surface area contributed by atoms with Crippen molar-refractivity contribution in [3.63, 3.8) is 0 Å². The number of halogens is 13. The van der Waals surface area contributed by atoms with E-state index >= 15 is 0 Å². The van der Waals surface area contributed by atoms with Crippen LogP contribution in [-0.4, -0.2) is 111 Å². The van der Waals surface area contributed by atoms with Crippen molar-refractivity contribution in [1.82, 2.24) is 50.8 Å². The zero-order valence-corrected chi connectivity index (χ0v) is 39.5. The van der Waals surface area contributed by atoms with Crippen LogP contribution in [0.5, 0.6) is 11.8 Å². The normalized spacial score (nSPS) is 11.7. The van der Waals surface area contributed by atoms with Crippen LogP contribution in [0.2, 0.25) is 0 Å². The van der Waals surface area contributed by atoms with Gasteiger partial charge in [-0.3, -0.25) is 24.0 Å². The lowest BCUT2D eigenvalue weighted by atomic mass is 10.2. The van der Waals surface area contributed by atoms with Gasteiger partial charge in [-0.1, -0.05) is 36.4 Å². The summed E-state index contributed by atoms with van der Waals surface area (Å²) in [5.41, 5.74) is -4.04. The highest BCUT2D eigenvalue weighted by atomic mass is 79.9. The summed E-state index contributed by atoms with van der Waals surface area (Å²) in [4.78, 5) is 68.1. The first-order valence-electron chi connectivity index (χ1n) is 21.0. The molecule has 6 aromatic rings. The van der Waals surface area contributed by atoms with E-state index < -0.39 is 95.8 Å². The molecule has 0 aliphatic rings. The van der Waals surface area contributed by atoms with Crippen LogP contribution < -0.4 is 36.1 Å². The molecule has 0 spiro atoms. The minimum Gasteiger partial charge on any atom is -0.467 e. The first kappa shape index (κ1) is 57.6. The second-order valence-corrected chi connectivity index (χ2v) is 15.8. The number of anilines is 1. The minimum absolute atomic E-state index is 0.00260. The van der Waals surface area contributed by atoms with Crippen LogP contribution >= 0.6 is 15.9 Å². The molecule has 5 amide bonds. The van der Waals surface area contributed by atoms with Crippen molar-refractivity contribution < 1.29 is 86.1 Å². The molecule has 0 atom stereocenters. The van der Waals surface area contributed by atoms with Crippen LogP contribution in [0, 0.1) is 0 Å². The number of carbonyl (C=O) groups excluding carboxylic acids is 5. The Morgan fingerprint density at radius 3 is 1.29 bits per heavy atom. The maximum atomic E-state index is 13.5. The zero-order chi connectivity index (χ0) is 55.3. The molecule has 31 heteroatoms. The SMILES string of the molecule is CC(=O)Nc1cc(C(=O)NCCNC(=O)c2cn(-c3ccccc3)nc2C(F)(F)F)cnc1OCC(F)(F)F.O=C(NCCNC(=O)c1cn(-c2ccccc2)nc1C(F)(F)F)c1cnc(OCC(F)(F)F)c(Br)c1. The summed E-state index contributed by atoms with van der Waals surface area (Å²) in [7, 11) is 0. The number of rotatable bonds is 17. The Balaban J connectivity index is 0.000000278. The number of alkyl halides is 12. The summed E-state index contributed by atoms with van der Waals surface area (Å²) in [6, 6.07) is 18.0. The fourth-order valence-corrected chi connectivity index (χ4v) is 6.41. The lowest BCUT2D eigenvalue weighted by Gasteiger charge is -2.13. The fourth-order valence-electron chi connectivity index (χ4n) is 5.95. The molecule has 0 bridgehead atoms. The second kappa shape index (κ2) is 24.6. The van der Waals surface area contributed by atoms with Gasteiger partial charge in [0, 0.05) is 57.9 Å². The fraction of sp³-hybridized carbons (Fsp3) is 0.250. The van der Waals surface area contributed by atoms with E-state index in [1.54, 1.807) is 36.4 Å². The van der Waals surface area contributed by atoms with Gasteiger partial charge in [-0.15, -0.1) is 0 Å². The predicted octanol–water partition coefficient (Wildman–Crippen LogP) is 7.49. The summed E-state index contributed by atoms with van der Waals surface area (Å²) in [6.07, 6.45) is -15.2. The molecule has 6 rings (SSSR count). The number of benzene rings is 2. The van der Waals surface area contributed by atoms with E-state index in [-0.39, 0.29) is 53.3 Å². The number of hydrogen-bond donors (Lipinski definition) is 5. The molecule has 0 saturated carbocycles. The van der Waals surface area contributed by atoms with Gasteiger partial charge in [0.05, 0.1) is 38.1 Å². The van der Waals surface area contributed by atoms with Crippen molar-refractivity contribution in [2.75, 3.05) is 44.7 Å². The molecular formula is C44H36BrF12N11O7. The molecule has 18 nitrogen and oxygen atoms in total. The Bertz CT molecular complexity index is 2970. The van der Waals surface area contributed by atoms with E-state index in [9.17, 15) is 76.7 Å². The molecule has 0 unspecified atom stereocenters. The van der Waals surface area contributed by atoms with Crippen LogP contribution in [-0.2, 0) is 17.1 Å². The minimum atomic E-state index is -4.91. The maximum Gasteiger partial charge on any atom is 0.435 e. The lowest BCUT2D eigenvalue weighted by Crippen LogP contribution is -2.35. The van der Waals surface area contributed by atoms with Gasteiger partial charge in [-0.2, -0.15) is 62.9 Å². The topological polar surface area (TPSA) is 225 Å². The summed E-state index contributed by atoms with van der Waals surface area (Å²) < 4.78 is 166. The number of aromatic nitrogens is 6. The molecule has 75 heavy (non-hydrogen) atoms. The summed E-state index contributed by atoms with van der Waals surface area (Å²) in [5.74, 6) is -5.21. The van der Waals surface area contributed by atoms with E-state index in [2.05, 4.69) is 72.2 Å². The molecule has 0 saturated heterocycles. The Morgan fingerprint density at radius 2 is 0.920 bits per heavy atom. The van der Waals surface area contributed by atoms with Crippen LogP contribution in [0.25, 0.3) is 11.4 Å². The Kier molecular flexibility index (Phi) is 18.9. The maximum absolute atomic E-state index is 13.5. The van der Waals surface area contributed by atoms with Crippen molar-refractivity contribution in [2.24, 2.45) is 0 Å². The van der Waals surface area contributed by atoms with Crippen molar-refractivity contribution in [3.05, 3.63) is 136 Å². The highest BCUT2D eigenvalue weighted by Gasteiger charge is 2.41. The van der Waals surface area contributed by atoms with Gasteiger partial charge in [0.1, 0.15) is 5.69 Å². The molecule has 0 radical (unpaired) electrons. The van der Waals surface area contributed by atoms with Gasteiger partial charge in [0.25, 0.3) is 23.6 Å². The molecule has 5 N–H and O–H groups in total. The second-order valence-electron chi connectivity index (χ2n) is 14.9. The predicted molar refractivity (Wildman–Crippen MR) is 240 cm³/mol. The summed E-state index contributed by atoms with van der Waals surface area (Å²) in [6.45, 7) is -3.07. The van der Waals surface area contributed by atoms with Gasteiger partial charge in [0.15, 0.2) is 24.6 Å². The largest absolute Gasteiger partial charge is 0.467 e. The van der Waals surface area contributed by atoms with Crippen molar-refractivity contribution in [3.8, 4) is 23.1 Å². The van der Waals surface area contributed by atoms with E-state index in [0.29, 0.717) is 11.4 Å². The monoisotopic (exact) mass is 1140 g/mol. The molecular weight excluding hydrogens is 1100 g/mol. The molecule has 4 aromatic heterocycles. The highest BCUT2D eigenvalue weighted by Crippen LogP contribution is 2.33. The van der Waals surface area contributed by atoms with Crippen LogP contribution in [0.1, 0.15) is 59.7 Å². The molecule has 2 aromatic carbocycles. The Morgan fingerprint density at radius 1 is 0.547 bits per heavy atom. The van der Waals surface area contributed by atoms with Gasteiger partial charge in [-0.05, 0) is 52.3 Å². The van der Waals surface area contributed by atoms with Crippen molar-refractivity contribution in [1.29, 1.82) is 0 Å². The first-order valence-corrected chi connectivity index (χ1v) is 21.8. The van der Waals surface area contributed by atoms with Gasteiger partial charge in [-0.25, -0.2) is 19.3 Å². The quantitative estimate of drug-likeness (QED) is 0.0444. The van der Waals surface area contributed by atoms with Crippen LogP contribution in [0.15, 0.2) is 102 Å². The first-order chi connectivity index (χ1) is 35.1. The molecule has 4 heterocycles. The molecule has 0 aliphatic carbocycles. The number of nitrogens with zero attached hydrogens (tertiary/aromatic N) is 6. The van der Waals surface area contributed by atoms with Crippen molar-refractivity contribution in [2.45, 2.75) is 31.6 Å². The number of pyridine rings is 2. The number of nitrogens with one attached hydrogen (secondary N) is 5. The molecule has 400 valence electrons. The van der Waals surface area contributed by atoms with Crippen molar-refractivity contribution >= 4 is 51.2 Å². The number of ether oxygens (including phenoxy) is 2. The third-order valence-electron chi connectivity index (χ3n) is 9.13. The van der Waals surface area contributed by atoms with Gasteiger partial charge >= 0.3 is 24.7 Å². The average Bonchev–Trinajstić information content (AvgIpc) is 4.01. The van der Waals surface area contributed by atoms with Crippen LogP contribution in [0.3, 0.4) is 0 Å².